The van der Waals surface area contributed by atoms with E-state index in [0.717, 1.165) is 11.8 Å². The van der Waals surface area contributed by atoms with Gasteiger partial charge in [-0.1, -0.05) is 11.6 Å². The maximum Gasteiger partial charge on any atom is 0.223 e. The van der Waals surface area contributed by atoms with Crippen LogP contribution in [0.3, 0.4) is 0 Å². The largest absolute Gasteiger partial charge is 0.409 e. The average molecular weight is 253 g/mol. The Morgan fingerprint density at radius 1 is 1.50 bits per heavy atom. The van der Waals surface area contributed by atoms with Gasteiger partial charge in [0.15, 0.2) is 5.84 Å². The van der Waals surface area contributed by atoms with Crippen molar-refractivity contribution in [3.8, 4) is 0 Å². The summed E-state index contributed by atoms with van der Waals surface area (Å²) >= 11 is 0. The second-order valence-electron chi connectivity index (χ2n) is 5.84. The van der Waals surface area contributed by atoms with Gasteiger partial charge in [-0.05, 0) is 43.9 Å². The van der Waals surface area contributed by atoms with Crippen LogP contribution in [0.25, 0.3) is 0 Å². The van der Waals surface area contributed by atoms with Gasteiger partial charge in [-0.3, -0.25) is 4.79 Å². The summed E-state index contributed by atoms with van der Waals surface area (Å²) in [6.45, 7) is 1.77. The normalized spacial score (nSPS) is 32.6. The number of carbonyl (C=O) groups is 1. The molecular formula is C13H23N3O2. The van der Waals surface area contributed by atoms with E-state index in [1.54, 1.807) is 18.9 Å². The van der Waals surface area contributed by atoms with E-state index in [2.05, 4.69) is 5.16 Å². The molecule has 5 heteroatoms. The number of nitrogens with two attached hydrogens (primary N) is 1. The van der Waals surface area contributed by atoms with Crippen molar-refractivity contribution in [2.24, 2.45) is 28.6 Å². The molecule has 1 amide bonds. The minimum absolute atomic E-state index is 0.0822. The van der Waals surface area contributed by atoms with Crippen LogP contribution in [0.15, 0.2) is 5.16 Å². The number of rotatable bonds is 4. The van der Waals surface area contributed by atoms with Crippen LogP contribution in [0, 0.1) is 17.8 Å². The predicted octanol–water partition coefficient (Wildman–Crippen LogP) is 1.41. The fourth-order valence-electron chi connectivity index (χ4n) is 3.49. The molecule has 2 fully saturated rings. The van der Waals surface area contributed by atoms with Crippen LogP contribution in [0.1, 0.15) is 39.0 Å². The van der Waals surface area contributed by atoms with Crippen molar-refractivity contribution in [2.75, 3.05) is 7.05 Å². The van der Waals surface area contributed by atoms with Gasteiger partial charge in [0.05, 0.1) is 6.04 Å². The number of nitrogens with zero attached hydrogens (tertiary/aromatic N) is 2. The summed E-state index contributed by atoms with van der Waals surface area (Å²) in [5, 5.41) is 11.6. The Hall–Kier alpha value is -1.26. The third-order valence-corrected chi connectivity index (χ3v) is 4.84. The second kappa shape index (κ2) is 5.16. The molecule has 0 aromatic rings. The standard InChI is InChI=1S/C13H23N3O2/c1-8(13(14)15-18)16(2)12(17)7-11-6-9-3-4-10(11)5-9/h8-11,18H,3-7H2,1-2H3,(H2,14,15). The lowest BCUT2D eigenvalue weighted by Gasteiger charge is -2.27. The average Bonchev–Trinajstić information content (AvgIpc) is 2.98. The molecule has 0 radical (unpaired) electrons. The second-order valence-corrected chi connectivity index (χ2v) is 5.84. The monoisotopic (exact) mass is 253 g/mol. The molecule has 2 bridgehead atoms. The van der Waals surface area contributed by atoms with Crippen LogP contribution >= 0.6 is 0 Å². The van der Waals surface area contributed by atoms with Gasteiger partial charge in [0.1, 0.15) is 0 Å². The Labute approximate surface area is 108 Å². The number of hydrogen-bond donors (Lipinski definition) is 2. The van der Waals surface area contributed by atoms with E-state index in [4.69, 9.17) is 10.9 Å². The van der Waals surface area contributed by atoms with E-state index in [1.165, 1.54) is 25.7 Å². The first kappa shape index (κ1) is 13.2. The van der Waals surface area contributed by atoms with E-state index >= 15 is 0 Å². The quantitative estimate of drug-likeness (QED) is 0.344. The Morgan fingerprint density at radius 3 is 2.72 bits per heavy atom. The summed E-state index contributed by atoms with van der Waals surface area (Å²) in [5.74, 6) is 2.36. The van der Waals surface area contributed by atoms with Crippen molar-refractivity contribution in [3.05, 3.63) is 0 Å². The highest BCUT2D eigenvalue weighted by Crippen LogP contribution is 2.49. The smallest absolute Gasteiger partial charge is 0.223 e. The van der Waals surface area contributed by atoms with E-state index in [9.17, 15) is 4.79 Å². The van der Waals surface area contributed by atoms with Gasteiger partial charge < -0.3 is 15.8 Å². The molecule has 18 heavy (non-hydrogen) atoms. The highest BCUT2D eigenvalue weighted by Gasteiger charge is 2.40. The lowest BCUT2D eigenvalue weighted by molar-refractivity contribution is -0.132. The topological polar surface area (TPSA) is 78.9 Å². The summed E-state index contributed by atoms with van der Waals surface area (Å²) in [5.41, 5.74) is 5.53. The Balaban J connectivity index is 1.88. The summed E-state index contributed by atoms with van der Waals surface area (Å²) in [6, 6.07) is -0.346. The summed E-state index contributed by atoms with van der Waals surface area (Å²) in [4.78, 5) is 13.8. The summed E-state index contributed by atoms with van der Waals surface area (Å²) < 4.78 is 0. The molecule has 2 saturated carbocycles. The molecule has 4 atom stereocenters. The van der Waals surface area contributed by atoms with Crippen LogP contribution in [0.4, 0.5) is 0 Å². The lowest BCUT2D eigenvalue weighted by Crippen LogP contribution is -2.44. The Bertz CT molecular complexity index is 356. The van der Waals surface area contributed by atoms with E-state index < -0.39 is 0 Å². The molecular weight excluding hydrogens is 230 g/mol. The minimum atomic E-state index is -0.346. The molecule has 0 heterocycles. The van der Waals surface area contributed by atoms with Gasteiger partial charge in [0.2, 0.25) is 5.91 Å². The number of amides is 1. The van der Waals surface area contributed by atoms with Gasteiger partial charge >= 0.3 is 0 Å². The van der Waals surface area contributed by atoms with Crippen LogP contribution in [0.5, 0.6) is 0 Å². The molecule has 2 aliphatic carbocycles. The van der Waals surface area contributed by atoms with Crippen LogP contribution in [-0.4, -0.2) is 34.9 Å². The molecule has 3 N–H and O–H groups in total. The van der Waals surface area contributed by atoms with Crippen LogP contribution < -0.4 is 5.73 Å². The molecule has 5 nitrogen and oxygen atoms in total. The first-order valence-electron chi connectivity index (χ1n) is 6.76. The zero-order valence-corrected chi connectivity index (χ0v) is 11.2. The summed E-state index contributed by atoms with van der Waals surface area (Å²) in [6.07, 6.45) is 5.79. The van der Waals surface area contributed by atoms with E-state index in [0.29, 0.717) is 12.3 Å². The zero-order chi connectivity index (χ0) is 13.3. The van der Waals surface area contributed by atoms with Gasteiger partial charge in [0.25, 0.3) is 0 Å². The third kappa shape index (κ3) is 2.44. The molecule has 4 unspecified atom stereocenters. The number of carbonyl (C=O) groups excluding carboxylic acids is 1. The Morgan fingerprint density at radius 2 is 2.22 bits per heavy atom. The molecule has 2 rings (SSSR count). The molecule has 0 aliphatic heterocycles. The number of fused-ring (bicyclic) bond motifs is 2. The van der Waals surface area contributed by atoms with Gasteiger partial charge in [-0.2, -0.15) is 0 Å². The number of hydrogen-bond acceptors (Lipinski definition) is 3. The summed E-state index contributed by atoms with van der Waals surface area (Å²) in [7, 11) is 1.72. The maximum absolute atomic E-state index is 12.2. The van der Waals surface area contributed by atoms with Gasteiger partial charge in [-0.25, -0.2) is 0 Å². The number of amidine groups is 1. The number of likely N-dealkylation sites (N-methyl/N-ethyl adjacent to an activating group) is 1. The van der Waals surface area contributed by atoms with Crippen LogP contribution in [0.2, 0.25) is 0 Å². The van der Waals surface area contributed by atoms with Gasteiger partial charge in [0, 0.05) is 13.5 Å². The van der Waals surface area contributed by atoms with Crippen molar-refractivity contribution in [1.82, 2.24) is 4.90 Å². The fraction of sp³-hybridized carbons (Fsp3) is 0.846. The minimum Gasteiger partial charge on any atom is -0.409 e. The van der Waals surface area contributed by atoms with Crippen LogP contribution in [-0.2, 0) is 4.79 Å². The van der Waals surface area contributed by atoms with Crippen molar-refractivity contribution in [2.45, 2.75) is 45.1 Å². The predicted molar refractivity (Wildman–Crippen MR) is 69.2 cm³/mol. The lowest BCUT2D eigenvalue weighted by atomic mass is 9.86. The third-order valence-electron chi connectivity index (χ3n) is 4.84. The molecule has 0 saturated heterocycles. The molecule has 2 aliphatic rings. The highest BCUT2D eigenvalue weighted by molar-refractivity contribution is 5.89. The molecule has 102 valence electrons. The number of oxime groups is 1. The fourth-order valence-corrected chi connectivity index (χ4v) is 3.49. The molecule has 0 aromatic carbocycles. The van der Waals surface area contributed by atoms with Crippen molar-refractivity contribution in [1.29, 1.82) is 0 Å². The van der Waals surface area contributed by atoms with Crippen molar-refractivity contribution < 1.29 is 10.0 Å². The first-order chi connectivity index (χ1) is 8.52. The van der Waals surface area contributed by atoms with Gasteiger partial charge in [-0.15, -0.1) is 0 Å². The highest BCUT2D eigenvalue weighted by atomic mass is 16.4. The SMILES string of the molecule is CC(C(N)=NO)N(C)C(=O)CC1CC2CCC1C2. The van der Waals surface area contributed by atoms with E-state index in [-0.39, 0.29) is 17.8 Å². The van der Waals surface area contributed by atoms with Crippen molar-refractivity contribution in [3.63, 3.8) is 0 Å². The first-order valence-corrected chi connectivity index (χ1v) is 6.76. The Kier molecular flexibility index (Phi) is 3.78. The van der Waals surface area contributed by atoms with Crippen molar-refractivity contribution >= 4 is 11.7 Å². The molecule has 0 aromatic heterocycles. The maximum atomic E-state index is 12.2. The molecule has 0 spiro atoms. The zero-order valence-electron chi connectivity index (χ0n) is 11.2. The van der Waals surface area contributed by atoms with E-state index in [1.807, 2.05) is 0 Å².